The van der Waals surface area contributed by atoms with Crippen molar-refractivity contribution >= 4 is 5.91 Å². The van der Waals surface area contributed by atoms with Gasteiger partial charge in [-0.3, -0.25) is 4.79 Å². The molecule has 1 amide bonds. The summed E-state index contributed by atoms with van der Waals surface area (Å²) >= 11 is 0. The first-order chi connectivity index (χ1) is 11.9. The van der Waals surface area contributed by atoms with E-state index in [1.807, 2.05) is 38.7 Å². The topological polar surface area (TPSA) is 89.9 Å². The van der Waals surface area contributed by atoms with E-state index in [9.17, 15) is 4.79 Å². The van der Waals surface area contributed by atoms with Crippen molar-refractivity contribution in [3.63, 3.8) is 0 Å². The molecule has 3 rings (SSSR count). The zero-order valence-electron chi connectivity index (χ0n) is 15.4. The normalized spacial score (nSPS) is 17.3. The van der Waals surface area contributed by atoms with E-state index in [4.69, 9.17) is 5.73 Å². The SMILES string of the molecule is Cc1cc(C)nc(-n2nc(C)c(CC(=O)N3CCCC3CN)c2C)n1. The van der Waals surface area contributed by atoms with Crippen LogP contribution < -0.4 is 5.73 Å². The lowest BCUT2D eigenvalue weighted by molar-refractivity contribution is -0.131. The maximum absolute atomic E-state index is 12.7. The van der Waals surface area contributed by atoms with Crippen LogP contribution >= 0.6 is 0 Å². The van der Waals surface area contributed by atoms with Crippen LogP contribution in [-0.2, 0) is 11.2 Å². The Balaban J connectivity index is 1.88. The van der Waals surface area contributed by atoms with Crippen molar-refractivity contribution in [2.45, 2.75) is 53.0 Å². The van der Waals surface area contributed by atoms with Gasteiger partial charge >= 0.3 is 0 Å². The van der Waals surface area contributed by atoms with Crippen LogP contribution in [0.25, 0.3) is 5.95 Å². The number of nitrogens with zero attached hydrogens (tertiary/aromatic N) is 5. The molecule has 7 heteroatoms. The summed E-state index contributed by atoms with van der Waals surface area (Å²) < 4.78 is 1.74. The van der Waals surface area contributed by atoms with Gasteiger partial charge in [0.1, 0.15) is 0 Å². The average Bonchev–Trinajstić information content (AvgIpc) is 3.13. The predicted molar refractivity (Wildman–Crippen MR) is 95.6 cm³/mol. The second-order valence-corrected chi connectivity index (χ2v) is 6.81. The highest BCUT2D eigenvalue weighted by Gasteiger charge is 2.29. The number of aryl methyl sites for hydroxylation is 3. The number of rotatable bonds is 4. The molecule has 134 valence electrons. The van der Waals surface area contributed by atoms with Gasteiger partial charge in [-0.2, -0.15) is 5.10 Å². The second-order valence-electron chi connectivity index (χ2n) is 6.81. The average molecular weight is 342 g/mol. The summed E-state index contributed by atoms with van der Waals surface area (Å²) in [6.07, 6.45) is 2.37. The third-order valence-electron chi connectivity index (χ3n) is 4.90. The second kappa shape index (κ2) is 6.92. The summed E-state index contributed by atoms with van der Waals surface area (Å²) in [5, 5.41) is 4.58. The molecule has 25 heavy (non-hydrogen) atoms. The van der Waals surface area contributed by atoms with Gasteiger partial charge in [-0.15, -0.1) is 0 Å². The van der Waals surface area contributed by atoms with Gasteiger partial charge < -0.3 is 10.6 Å². The van der Waals surface area contributed by atoms with E-state index in [0.29, 0.717) is 18.9 Å². The lowest BCUT2D eigenvalue weighted by atomic mass is 10.1. The van der Waals surface area contributed by atoms with Crippen LogP contribution in [0.5, 0.6) is 0 Å². The smallest absolute Gasteiger partial charge is 0.251 e. The Hall–Kier alpha value is -2.28. The zero-order valence-corrected chi connectivity index (χ0v) is 15.4. The fourth-order valence-corrected chi connectivity index (χ4v) is 3.59. The standard InChI is InChI=1S/C18H26N6O/c1-11-8-12(2)21-18(20-11)24-14(4)16(13(3)22-24)9-17(25)23-7-5-6-15(23)10-19/h8,15H,5-7,9-10,19H2,1-4H3. The number of aromatic nitrogens is 4. The number of carbonyl (C=O) groups is 1. The van der Waals surface area contributed by atoms with Crippen molar-refractivity contribution in [3.05, 3.63) is 34.4 Å². The van der Waals surface area contributed by atoms with E-state index in [0.717, 1.165) is 47.7 Å². The quantitative estimate of drug-likeness (QED) is 0.907. The van der Waals surface area contributed by atoms with Gasteiger partial charge in [-0.05, 0) is 46.6 Å². The molecule has 1 saturated heterocycles. The molecule has 2 N–H and O–H groups in total. The monoisotopic (exact) mass is 342 g/mol. The van der Waals surface area contributed by atoms with Gasteiger partial charge in [-0.25, -0.2) is 14.6 Å². The van der Waals surface area contributed by atoms with E-state index >= 15 is 0 Å². The molecule has 1 fully saturated rings. The van der Waals surface area contributed by atoms with Crippen molar-refractivity contribution in [1.82, 2.24) is 24.6 Å². The van der Waals surface area contributed by atoms with Gasteiger partial charge in [0.15, 0.2) is 0 Å². The van der Waals surface area contributed by atoms with E-state index in [2.05, 4.69) is 15.1 Å². The fourth-order valence-electron chi connectivity index (χ4n) is 3.59. The van der Waals surface area contributed by atoms with Crippen LogP contribution in [0.3, 0.4) is 0 Å². The first kappa shape index (κ1) is 17.5. The Morgan fingerprint density at radius 2 is 1.92 bits per heavy atom. The summed E-state index contributed by atoms with van der Waals surface area (Å²) in [6, 6.07) is 2.10. The predicted octanol–water partition coefficient (Wildman–Crippen LogP) is 1.39. The first-order valence-electron chi connectivity index (χ1n) is 8.78. The molecule has 7 nitrogen and oxygen atoms in total. The molecule has 1 aliphatic heterocycles. The summed E-state index contributed by atoms with van der Waals surface area (Å²) in [5.74, 6) is 0.679. The molecule has 3 heterocycles. The van der Waals surface area contributed by atoms with Crippen LogP contribution in [0.15, 0.2) is 6.07 Å². The Labute approximate surface area is 148 Å². The van der Waals surface area contributed by atoms with E-state index in [-0.39, 0.29) is 11.9 Å². The third kappa shape index (κ3) is 3.42. The molecule has 0 radical (unpaired) electrons. The summed E-state index contributed by atoms with van der Waals surface area (Å²) in [6.45, 7) is 9.10. The van der Waals surface area contributed by atoms with Gasteiger partial charge in [0.25, 0.3) is 5.95 Å². The molecular weight excluding hydrogens is 316 g/mol. The molecular formula is C18H26N6O. The lowest BCUT2D eigenvalue weighted by Gasteiger charge is -2.23. The van der Waals surface area contributed by atoms with Crippen molar-refractivity contribution in [2.75, 3.05) is 13.1 Å². The van der Waals surface area contributed by atoms with Crippen molar-refractivity contribution < 1.29 is 4.79 Å². The van der Waals surface area contributed by atoms with E-state index in [1.165, 1.54) is 0 Å². The maximum atomic E-state index is 12.7. The minimum atomic E-state index is 0.125. The molecule has 1 atom stereocenters. The van der Waals surface area contributed by atoms with Crippen LogP contribution in [0.1, 0.15) is 41.2 Å². The maximum Gasteiger partial charge on any atom is 0.251 e. The fraction of sp³-hybridized carbons (Fsp3) is 0.556. The van der Waals surface area contributed by atoms with E-state index < -0.39 is 0 Å². The van der Waals surface area contributed by atoms with Crippen molar-refractivity contribution in [2.24, 2.45) is 5.73 Å². The number of hydrogen-bond donors (Lipinski definition) is 1. The summed E-state index contributed by atoms with van der Waals surface area (Å²) in [7, 11) is 0. The summed E-state index contributed by atoms with van der Waals surface area (Å²) in [5.41, 5.74) is 10.3. The minimum absolute atomic E-state index is 0.125. The highest BCUT2D eigenvalue weighted by atomic mass is 16.2. The number of nitrogens with two attached hydrogens (primary N) is 1. The van der Waals surface area contributed by atoms with Gasteiger partial charge in [0.2, 0.25) is 5.91 Å². The minimum Gasteiger partial charge on any atom is -0.338 e. The van der Waals surface area contributed by atoms with E-state index in [1.54, 1.807) is 4.68 Å². The van der Waals surface area contributed by atoms with Crippen molar-refractivity contribution in [1.29, 1.82) is 0 Å². The van der Waals surface area contributed by atoms with Crippen LogP contribution in [0.2, 0.25) is 0 Å². The zero-order chi connectivity index (χ0) is 18.1. The number of carbonyl (C=O) groups excluding carboxylic acids is 1. The highest BCUT2D eigenvalue weighted by Crippen LogP contribution is 2.21. The summed E-state index contributed by atoms with van der Waals surface area (Å²) in [4.78, 5) is 23.6. The number of likely N-dealkylation sites (tertiary alicyclic amines) is 1. The number of amides is 1. The molecule has 0 aromatic carbocycles. The molecule has 0 saturated carbocycles. The molecule has 2 aromatic heterocycles. The van der Waals surface area contributed by atoms with Crippen LogP contribution in [0, 0.1) is 27.7 Å². The molecule has 0 aliphatic carbocycles. The molecule has 1 aliphatic rings. The Morgan fingerprint density at radius 3 is 2.56 bits per heavy atom. The molecule has 1 unspecified atom stereocenters. The van der Waals surface area contributed by atoms with Crippen LogP contribution in [-0.4, -0.2) is 49.7 Å². The Morgan fingerprint density at radius 1 is 1.24 bits per heavy atom. The first-order valence-corrected chi connectivity index (χ1v) is 8.78. The Bertz CT molecular complexity index is 777. The molecule has 0 spiro atoms. The lowest BCUT2D eigenvalue weighted by Crippen LogP contribution is -2.40. The van der Waals surface area contributed by atoms with Crippen LogP contribution in [0.4, 0.5) is 0 Å². The molecule has 0 bridgehead atoms. The van der Waals surface area contributed by atoms with Crippen molar-refractivity contribution in [3.8, 4) is 5.95 Å². The third-order valence-corrected chi connectivity index (χ3v) is 4.90. The van der Waals surface area contributed by atoms with Gasteiger partial charge in [0, 0.05) is 41.8 Å². The Kier molecular flexibility index (Phi) is 4.85. The largest absolute Gasteiger partial charge is 0.338 e. The highest BCUT2D eigenvalue weighted by molar-refractivity contribution is 5.80. The number of hydrogen-bond acceptors (Lipinski definition) is 5. The van der Waals surface area contributed by atoms with Gasteiger partial charge in [-0.1, -0.05) is 0 Å². The molecule has 2 aromatic rings. The van der Waals surface area contributed by atoms with Gasteiger partial charge in [0.05, 0.1) is 12.1 Å².